The highest BCUT2D eigenvalue weighted by atomic mass is 35.5. The van der Waals surface area contributed by atoms with Gasteiger partial charge in [-0.05, 0) is 36.6 Å². The molecule has 116 valence electrons. The van der Waals surface area contributed by atoms with E-state index in [1.807, 2.05) is 0 Å². The summed E-state index contributed by atoms with van der Waals surface area (Å²) in [4.78, 5) is 11.2. The van der Waals surface area contributed by atoms with Gasteiger partial charge in [0.05, 0.1) is 11.5 Å². The molecule has 6 nitrogen and oxygen atoms in total. The number of carboxylic acid groups (broad SMARTS) is 1. The van der Waals surface area contributed by atoms with Gasteiger partial charge in [-0.15, -0.1) is 0 Å². The first-order chi connectivity index (χ1) is 9.86. The van der Waals surface area contributed by atoms with Gasteiger partial charge in [0.15, 0.2) is 0 Å². The van der Waals surface area contributed by atoms with E-state index in [-0.39, 0.29) is 23.1 Å². The molecule has 0 aromatic heterocycles. The van der Waals surface area contributed by atoms with Crippen LogP contribution in [0.25, 0.3) is 0 Å². The second-order valence-electron chi connectivity index (χ2n) is 4.84. The van der Waals surface area contributed by atoms with Gasteiger partial charge in [-0.25, -0.2) is 8.42 Å². The van der Waals surface area contributed by atoms with Gasteiger partial charge in [0.25, 0.3) is 0 Å². The lowest BCUT2D eigenvalue weighted by Gasteiger charge is -2.21. The van der Waals surface area contributed by atoms with E-state index in [0.29, 0.717) is 18.4 Å². The van der Waals surface area contributed by atoms with Crippen molar-refractivity contribution in [1.82, 2.24) is 4.31 Å². The van der Waals surface area contributed by atoms with Crippen LogP contribution in [-0.2, 0) is 26.2 Å². The molecule has 1 fully saturated rings. The maximum absolute atomic E-state index is 12.6. The first-order valence-corrected chi connectivity index (χ1v) is 8.21. The highest BCUT2D eigenvalue weighted by Gasteiger charge is 2.39. The predicted molar refractivity (Wildman–Crippen MR) is 76.7 cm³/mol. The molecule has 1 N–H and O–H groups in total. The number of hydrogen-bond donors (Lipinski definition) is 1. The quantitative estimate of drug-likeness (QED) is 0.887. The number of rotatable bonds is 5. The molecule has 1 saturated heterocycles. The molecule has 0 saturated carbocycles. The number of carboxylic acids is 1. The van der Waals surface area contributed by atoms with E-state index in [2.05, 4.69) is 0 Å². The summed E-state index contributed by atoms with van der Waals surface area (Å²) in [5.41, 5.74) is 0.620. The van der Waals surface area contributed by atoms with Crippen LogP contribution in [0.1, 0.15) is 18.4 Å². The van der Waals surface area contributed by atoms with Gasteiger partial charge < -0.3 is 9.84 Å². The summed E-state index contributed by atoms with van der Waals surface area (Å²) >= 11 is 5.94. The van der Waals surface area contributed by atoms with Crippen molar-refractivity contribution in [1.29, 1.82) is 0 Å². The van der Waals surface area contributed by atoms with E-state index in [1.54, 1.807) is 6.07 Å². The van der Waals surface area contributed by atoms with Gasteiger partial charge in [-0.3, -0.25) is 4.79 Å². The summed E-state index contributed by atoms with van der Waals surface area (Å²) in [5, 5.41) is 9.41. The fraction of sp³-hybridized carbons (Fsp3) is 0.462. The average Bonchev–Trinajstić information content (AvgIpc) is 2.88. The fourth-order valence-corrected chi connectivity index (χ4v) is 4.50. The molecule has 1 heterocycles. The smallest absolute Gasteiger partial charge is 0.322 e. The third kappa shape index (κ3) is 3.37. The number of benzene rings is 1. The number of sulfonamides is 1. The van der Waals surface area contributed by atoms with Crippen molar-refractivity contribution in [2.75, 3.05) is 13.7 Å². The third-order valence-electron chi connectivity index (χ3n) is 3.34. The Morgan fingerprint density at radius 2 is 2.19 bits per heavy atom. The van der Waals surface area contributed by atoms with E-state index >= 15 is 0 Å². The maximum atomic E-state index is 12.6. The Morgan fingerprint density at radius 3 is 2.81 bits per heavy atom. The molecular weight excluding hydrogens is 318 g/mol. The molecule has 1 aromatic rings. The van der Waals surface area contributed by atoms with Crippen LogP contribution >= 0.6 is 11.6 Å². The summed E-state index contributed by atoms with van der Waals surface area (Å²) in [6, 6.07) is 3.39. The molecule has 1 aliphatic rings. The summed E-state index contributed by atoms with van der Waals surface area (Å²) in [7, 11) is -2.39. The number of hydrogen-bond acceptors (Lipinski definition) is 4. The maximum Gasteiger partial charge on any atom is 0.322 e. The topological polar surface area (TPSA) is 83.9 Å². The number of methoxy groups -OCH3 is 1. The van der Waals surface area contributed by atoms with Crippen LogP contribution in [-0.4, -0.2) is 43.5 Å². The Kier molecular flexibility index (Phi) is 4.88. The molecule has 0 radical (unpaired) electrons. The van der Waals surface area contributed by atoms with Crippen LogP contribution in [0.5, 0.6) is 0 Å². The van der Waals surface area contributed by atoms with E-state index in [1.165, 1.54) is 19.2 Å². The summed E-state index contributed by atoms with van der Waals surface area (Å²) in [6.45, 7) is 0.427. The molecule has 1 aromatic carbocycles. The van der Waals surface area contributed by atoms with E-state index < -0.39 is 22.0 Å². The standard InChI is InChI=1S/C13H16ClNO5S/c1-20-8-9-5-10(14)7-11(6-9)21(18,19)15-4-2-3-12(15)13(16)17/h5-7,12H,2-4,8H2,1H3,(H,16,17)/t12-/m1/s1. The van der Waals surface area contributed by atoms with E-state index in [9.17, 15) is 13.2 Å². The monoisotopic (exact) mass is 333 g/mol. The highest BCUT2D eigenvalue weighted by Crippen LogP contribution is 2.28. The van der Waals surface area contributed by atoms with Crippen LogP contribution in [0.4, 0.5) is 0 Å². The Hall–Kier alpha value is -1.15. The van der Waals surface area contributed by atoms with Crippen LogP contribution in [0.3, 0.4) is 0 Å². The highest BCUT2D eigenvalue weighted by molar-refractivity contribution is 7.89. The number of halogens is 1. The van der Waals surface area contributed by atoms with Crippen molar-refractivity contribution in [2.24, 2.45) is 0 Å². The van der Waals surface area contributed by atoms with Gasteiger partial charge in [0.1, 0.15) is 6.04 Å². The zero-order valence-corrected chi connectivity index (χ0v) is 13.0. The molecule has 8 heteroatoms. The Balaban J connectivity index is 2.41. The summed E-state index contributed by atoms with van der Waals surface area (Å²) in [6.07, 6.45) is 0.849. The molecular formula is C13H16ClNO5S. The lowest BCUT2D eigenvalue weighted by atomic mass is 10.2. The fourth-order valence-electron chi connectivity index (χ4n) is 2.43. The van der Waals surface area contributed by atoms with Gasteiger partial charge in [-0.1, -0.05) is 11.6 Å². The van der Waals surface area contributed by atoms with Crippen molar-refractivity contribution in [3.8, 4) is 0 Å². The molecule has 2 rings (SSSR count). The zero-order valence-electron chi connectivity index (χ0n) is 11.5. The lowest BCUT2D eigenvalue weighted by molar-refractivity contribution is -0.140. The zero-order chi connectivity index (χ0) is 15.6. The van der Waals surface area contributed by atoms with Gasteiger partial charge in [-0.2, -0.15) is 4.31 Å². The lowest BCUT2D eigenvalue weighted by Crippen LogP contribution is -2.40. The predicted octanol–water partition coefficient (Wildman–Crippen LogP) is 1.72. The molecule has 0 amide bonds. The Bertz CT molecular complexity index is 646. The third-order valence-corrected chi connectivity index (χ3v) is 5.44. The number of carbonyl (C=O) groups is 1. The van der Waals surface area contributed by atoms with Gasteiger partial charge in [0.2, 0.25) is 10.0 Å². The van der Waals surface area contributed by atoms with E-state index in [4.69, 9.17) is 21.4 Å². The van der Waals surface area contributed by atoms with Crippen LogP contribution in [0, 0.1) is 0 Å². The van der Waals surface area contributed by atoms with E-state index in [0.717, 1.165) is 4.31 Å². The minimum Gasteiger partial charge on any atom is -0.480 e. The van der Waals surface area contributed by atoms with Crippen molar-refractivity contribution >= 4 is 27.6 Å². The minimum absolute atomic E-state index is 0.00444. The second kappa shape index (κ2) is 6.31. The van der Waals surface area contributed by atoms with Crippen molar-refractivity contribution in [2.45, 2.75) is 30.4 Å². The SMILES string of the molecule is COCc1cc(Cl)cc(S(=O)(=O)N2CCC[C@@H]2C(=O)O)c1. The molecule has 0 bridgehead atoms. The van der Waals surface area contributed by atoms with Crippen molar-refractivity contribution in [3.63, 3.8) is 0 Å². The summed E-state index contributed by atoms with van der Waals surface area (Å²) in [5.74, 6) is -1.13. The average molecular weight is 334 g/mol. The van der Waals surface area contributed by atoms with Crippen LogP contribution < -0.4 is 0 Å². The Morgan fingerprint density at radius 1 is 1.48 bits per heavy atom. The molecule has 0 unspecified atom stereocenters. The Labute approximate surface area is 128 Å². The molecule has 1 aliphatic heterocycles. The largest absolute Gasteiger partial charge is 0.480 e. The van der Waals surface area contributed by atoms with Crippen LogP contribution in [0.15, 0.2) is 23.1 Å². The first kappa shape index (κ1) is 16.2. The number of nitrogens with zero attached hydrogens (tertiary/aromatic N) is 1. The molecule has 0 aliphatic carbocycles. The van der Waals surface area contributed by atoms with Crippen molar-refractivity contribution < 1.29 is 23.1 Å². The second-order valence-corrected chi connectivity index (χ2v) is 7.17. The molecule has 1 atom stereocenters. The number of ether oxygens (including phenoxy) is 1. The van der Waals surface area contributed by atoms with Gasteiger partial charge in [0, 0.05) is 18.7 Å². The first-order valence-electron chi connectivity index (χ1n) is 6.39. The molecule has 0 spiro atoms. The van der Waals surface area contributed by atoms with Gasteiger partial charge >= 0.3 is 5.97 Å². The van der Waals surface area contributed by atoms with Crippen LogP contribution in [0.2, 0.25) is 5.02 Å². The summed E-state index contributed by atoms with van der Waals surface area (Å²) < 4.78 is 31.2. The van der Waals surface area contributed by atoms with Crippen molar-refractivity contribution in [3.05, 3.63) is 28.8 Å². The minimum atomic E-state index is -3.88. The number of aliphatic carboxylic acids is 1. The molecule has 21 heavy (non-hydrogen) atoms. The normalized spacial score (nSPS) is 19.8.